The van der Waals surface area contributed by atoms with Crippen molar-refractivity contribution in [2.75, 3.05) is 26.2 Å². The molecule has 0 unspecified atom stereocenters. The minimum Gasteiger partial charge on any atom is -0.208 e. The number of piperazine rings is 1. The van der Waals surface area contributed by atoms with Crippen molar-refractivity contribution in [1.29, 1.82) is 0 Å². The number of halogens is 1. The summed E-state index contributed by atoms with van der Waals surface area (Å²) in [5.74, 6) is -0.821. The van der Waals surface area contributed by atoms with Gasteiger partial charge in [-0.2, -0.15) is 8.61 Å². The summed E-state index contributed by atoms with van der Waals surface area (Å²) in [4.78, 5) is -0.398. The Labute approximate surface area is 158 Å². The summed E-state index contributed by atoms with van der Waals surface area (Å²) in [5, 5.41) is 1.11. The Kier molecular flexibility index (Phi) is 5.75. The standard InChI is InChI=1S/C18H19FN2O4S2/c19-17-8-4-5-9-18(17)27(24,25)21-13-11-20(12-14-21)26(22,23)15-10-16-6-2-1-3-7-16/h1-10,15H,11-14H2/b15-10+. The van der Waals surface area contributed by atoms with E-state index in [9.17, 15) is 21.2 Å². The number of nitrogens with zero attached hydrogens (tertiary/aromatic N) is 2. The molecule has 1 aliphatic heterocycles. The van der Waals surface area contributed by atoms with Crippen molar-refractivity contribution < 1.29 is 21.2 Å². The highest BCUT2D eigenvalue weighted by Gasteiger charge is 2.33. The van der Waals surface area contributed by atoms with Crippen molar-refractivity contribution in [1.82, 2.24) is 8.61 Å². The van der Waals surface area contributed by atoms with E-state index in [1.807, 2.05) is 6.07 Å². The maximum absolute atomic E-state index is 13.8. The third-order valence-corrected chi connectivity index (χ3v) is 7.74. The van der Waals surface area contributed by atoms with Gasteiger partial charge in [-0.15, -0.1) is 0 Å². The van der Waals surface area contributed by atoms with Gasteiger partial charge in [0.05, 0.1) is 0 Å². The molecule has 0 radical (unpaired) electrons. The van der Waals surface area contributed by atoms with Crippen LogP contribution in [0, 0.1) is 5.82 Å². The van der Waals surface area contributed by atoms with Gasteiger partial charge in [0.25, 0.3) is 0 Å². The number of hydrogen-bond acceptors (Lipinski definition) is 4. The number of rotatable bonds is 5. The van der Waals surface area contributed by atoms with E-state index in [1.54, 1.807) is 24.3 Å². The molecule has 1 saturated heterocycles. The minimum absolute atomic E-state index is 0.00907. The van der Waals surface area contributed by atoms with Crippen LogP contribution in [0.1, 0.15) is 5.56 Å². The van der Waals surface area contributed by atoms with Gasteiger partial charge in [-0.1, -0.05) is 42.5 Å². The lowest BCUT2D eigenvalue weighted by Crippen LogP contribution is -2.50. The average molecular weight is 410 g/mol. The zero-order valence-electron chi connectivity index (χ0n) is 14.4. The molecular formula is C18H19FN2O4S2. The molecule has 0 aliphatic carbocycles. The van der Waals surface area contributed by atoms with Crippen LogP contribution in [0.25, 0.3) is 6.08 Å². The maximum atomic E-state index is 13.8. The normalized spacial score (nSPS) is 17.4. The highest BCUT2D eigenvalue weighted by atomic mass is 32.2. The van der Waals surface area contributed by atoms with Crippen molar-refractivity contribution in [2.24, 2.45) is 0 Å². The van der Waals surface area contributed by atoms with Crippen molar-refractivity contribution in [3.63, 3.8) is 0 Å². The van der Waals surface area contributed by atoms with E-state index in [0.29, 0.717) is 0 Å². The lowest BCUT2D eigenvalue weighted by Gasteiger charge is -2.32. The van der Waals surface area contributed by atoms with Crippen LogP contribution in [-0.4, -0.2) is 51.6 Å². The molecule has 0 saturated carbocycles. The van der Waals surface area contributed by atoms with E-state index >= 15 is 0 Å². The monoisotopic (exact) mass is 410 g/mol. The van der Waals surface area contributed by atoms with Gasteiger partial charge in [0, 0.05) is 31.6 Å². The largest absolute Gasteiger partial charge is 0.246 e. The topological polar surface area (TPSA) is 74.8 Å². The van der Waals surface area contributed by atoms with Crippen molar-refractivity contribution in [3.8, 4) is 0 Å². The molecule has 1 fully saturated rings. The third kappa shape index (κ3) is 4.44. The van der Waals surface area contributed by atoms with Crippen LogP contribution >= 0.6 is 0 Å². The Morgan fingerprint density at radius 3 is 1.96 bits per heavy atom. The lowest BCUT2D eigenvalue weighted by atomic mass is 10.2. The summed E-state index contributed by atoms with van der Waals surface area (Å²) in [6.45, 7) is -0.0472. The number of benzene rings is 2. The van der Waals surface area contributed by atoms with Gasteiger partial charge in [0.2, 0.25) is 20.0 Å². The molecule has 1 aliphatic rings. The number of hydrogen-bond donors (Lipinski definition) is 0. The summed E-state index contributed by atoms with van der Waals surface area (Å²) in [7, 11) is -7.66. The molecule has 2 aromatic carbocycles. The average Bonchev–Trinajstić information content (AvgIpc) is 2.67. The summed E-state index contributed by atoms with van der Waals surface area (Å²) < 4.78 is 66.2. The first-order valence-electron chi connectivity index (χ1n) is 8.29. The zero-order valence-corrected chi connectivity index (χ0v) is 16.0. The quantitative estimate of drug-likeness (QED) is 0.757. The van der Waals surface area contributed by atoms with Crippen LogP contribution < -0.4 is 0 Å². The van der Waals surface area contributed by atoms with E-state index < -0.39 is 30.8 Å². The zero-order chi connectivity index (χ0) is 19.5. The summed E-state index contributed by atoms with van der Waals surface area (Å²) in [5.41, 5.74) is 0.752. The maximum Gasteiger partial charge on any atom is 0.246 e. The Balaban J connectivity index is 1.70. The second-order valence-corrected chi connectivity index (χ2v) is 9.72. The molecular weight excluding hydrogens is 391 g/mol. The fourth-order valence-corrected chi connectivity index (χ4v) is 5.43. The fourth-order valence-electron chi connectivity index (χ4n) is 2.77. The Morgan fingerprint density at radius 1 is 0.778 bits per heavy atom. The van der Waals surface area contributed by atoms with Gasteiger partial charge in [-0.25, -0.2) is 21.2 Å². The smallest absolute Gasteiger partial charge is 0.208 e. The van der Waals surface area contributed by atoms with Crippen molar-refractivity contribution in [3.05, 3.63) is 71.4 Å². The first-order valence-corrected chi connectivity index (χ1v) is 11.2. The summed E-state index contributed by atoms with van der Waals surface area (Å²) in [6.07, 6.45) is 1.50. The predicted octanol–water partition coefficient (Wildman–Crippen LogP) is 2.13. The summed E-state index contributed by atoms with van der Waals surface area (Å²) >= 11 is 0. The van der Waals surface area contributed by atoms with E-state index in [0.717, 1.165) is 21.3 Å². The first-order chi connectivity index (χ1) is 12.8. The van der Waals surface area contributed by atoms with Crippen LogP contribution in [0.2, 0.25) is 0 Å². The van der Waals surface area contributed by atoms with Gasteiger partial charge < -0.3 is 0 Å². The van der Waals surface area contributed by atoms with E-state index in [-0.39, 0.29) is 26.2 Å². The van der Waals surface area contributed by atoms with Crippen LogP contribution in [0.15, 0.2) is 64.9 Å². The Hall–Kier alpha value is -2.07. The van der Waals surface area contributed by atoms with E-state index in [4.69, 9.17) is 0 Å². The second-order valence-electron chi connectivity index (χ2n) is 5.99. The minimum atomic E-state index is -4.00. The lowest BCUT2D eigenvalue weighted by molar-refractivity contribution is 0.274. The van der Waals surface area contributed by atoms with E-state index in [1.165, 1.54) is 28.6 Å². The summed E-state index contributed by atoms with van der Waals surface area (Å²) in [6, 6.07) is 14.2. The molecule has 27 heavy (non-hydrogen) atoms. The van der Waals surface area contributed by atoms with Crippen LogP contribution in [0.5, 0.6) is 0 Å². The SMILES string of the molecule is O=S(=O)(/C=C/c1ccccc1)N1CCN(S(=O)(=O)c2ccccc2F)CC1. The Morgan fingerprint density at radius 2 is 1.33 bits per heavy atom. The molecule has 0 aromatic heterocycles. The molecule has 0 spiro atoms. The fraction of sp³-hybridized carbons (Fsp3) is 0.222. The molecule has 0 amide bonds. The van der Waals surface area contributed by atoms with Gasteiger partial charge in [0.15, 0.2) is 0 Å². The molecule has 1 heterocycles. The highest BCUT2D eigenvalue weighted by molar-refractivity contribution is 7.92. The molecule has 2 aromatic rings. The van der Waals surface area contributed by atoms with Gasteiger partial charge in [-0.05, 0) is 23.8 Å². The van der Waals surface area contributed by atoms with E-state index in [2.05, 4.69) is 0 Å². The van der Waals surface area contributed by atoms with Crippen molar-refractivity contribution in [2.45, 2.75) is 4.90 Å². The predicted molar refractivity (Wildman–Crippen MR) is 101 cm³/mol. The van der Waals surface area contributed by atoms with Crippen molar-refractivity contribution >= 4 is 26.1 Å². The molecule has 144 valence electrons. The molecule has 0 bridgehead atoms. The van der Waals surface area contributed by atoms with Crippen LogP contribution in [0.3, 0.4) is 0 Å². The third-order valence-electron chi connectivity index (χ3n) is 4.24. The van der Waals surface area contributed by atoms with Crippen LogP contribution in [-0.2, 0) is 20.0 Å². The molecule has 0 N–H and O–H groups in total. The van der Waals surface area contributed by atoms with Crippen LogP contribution in [0.4, 0.5) is 4.39 Å². The Bertz CT molecular complexity index is 1030. The first kappa shape index (κ1) is 19.7. The van der Waals surface area contributed by atoms with Gasteiger partial charge in [-0.3, -0.25) is 0 Å². The molecule has 9 heteroatoms. The van der Waals surface area contributed by atoms with Gasteiger partial charge in [0.1, 0.15) is 10.7 Å². The molecule has 0 atom stereocenters. The van der Waals surface area contributed by atoms with Gasteiger partial charge >= 0.3 is 0 Å². The number of sulfonamides is 2. The molecule has 6 nitrogen and oxygen atoms in total. The second kappa shape index (κ2) is 7.89. The highest BCUT2D eigenvalue weighted by Crippen LogP contribution is 2.21. The molecule has 3 rings (SSSR count).